The van der Waals surface area contributed by atoms with E-state index in [0.717, 1.165) is 19.5 Å². The fourth-order valence-corrected chi connectivity index (χ4v) is 4.19. The van der Waals surface area contributed by atoms with Crippen LogP contribution in [0.25, 0.3) is 0 Å². The van der Waals surface area contributed by atoms with Crippen LogP contribution in [0, 0.1) is 5.92 Å². The fourth-order valence-electron chi connectivity index (χ4n) is 4.19. The van der Waals surface area contributed by atoms with Crippen molar-refractivity contribution in [3.05, 3.63) is 0 Å². The van der Waals surface area contributed by atoms with Crippen molar-refractivity contribution in [2.24, 2.45) is 5.92 Å². The van der Waals surface area contributed by atoms with Gasteiger partial charge in [0.05, 0.1) is 5.92 Å². The topological polar surface area (TPSA) is 72.9 Å². The van der Waals surface area contributed by atoms with Crippen molar-refractivity contribution >= 4 is 12.0 Å². The molecular weight excluding hydrogens is 270 g/mol. The molecular formula is C15H25N3O3. The molecule has 3 fully saturated rings. The van der Waals surface area contributed by atoms with E-state index in [1.807, 2.05) is 11.8 Å². The number of hydrogen-bond donors (Lipinski definition) is 2. The third-order valence-electron chi connectivity index (χ3n) is 5.40. The summed E-state index contributed by atoms with van der Waals surface area (Å²) in [5.74, 6) is -1.04. The summed E-state index contributed by atoms with van der Waals surface area (Å²) in [6.07, 6.45) is 4.58. The number of nitrogens with one attached hydrogen (secondary N) is 1. The number of aliphatic carboxylic acids is 1. The van der Waals surface area contributed by atoms with E-state index in [2.05, 4.69) is 10.2 Å². The summed E-state index contributed by atoms with van der Waals surface area (Å²) in [5, 5.41) is 12.3. The number of urea groups is 1. The molecule has 0 aromatic rings. The normalized spacial score (nSPS) is 36.5. The lowest BCUT2D eigenvalue weighted by atomic mass is 9.92. The first-order chi connectivity index (χ1) is 10.1. The number of carboxylic acids is 1. The third-order valence-corrected chi connectivity index (χ3v) is 5.40. The summed E-state index contributed by atoms with van der Waals surface area (Å²) in [6, 6.07) is 0.774. The molecule has 21 heavy (non-hydrogen) atoms. The lowest BCUT2D eigenvalue weighted by Crippen LogP contribution is -2.54. The lowest BCUT2D eigenvalue weighted by Gasteiger charge is -2.37. The van der Waals surface area contributed by atoms with Crippen molar-refractivity contribution in [1.29, 1.82) is 0 Å². The fraction of sp³-hybridized carbons (Fsp3) is 0.867. The van der Waals surface area contributed by atoms with Crippen molar-refractivity contribution in [3.63, 3.8) is 0 Å². The number of rotatable bonds is 2. The summed E-state index contributed by atoms with van der Waals surface area (Å²) < 4.78 is 0. The van der Waals surface area contributed by atoms with Crippen molar-refractivity contribution in [1.82, 2.24) is 15.1 Å². The summed E-state index contributed by atoms with van der Waals surface area (Å²) >= 11 is 0. The highest BCUT2D eigenvalue weighted by Gasteiger charge is 2.39. The van der Waals surface area contributed by atoms with Crippen LogP contribution in [0.1, 0.15) is 39.0 Å². The van der Waals surface area contributed by atoms with Gasteiger partial charge in [0, 0.05) is 31.2 Å². The number of piperidine rings is 1. The minimum absolute atomic E-state index is 0.000865. The van der Waals surface area contributed by atoms with Gasteiger partial charge in [0.1, 0.15) is 0 Å². The number of likely N-dealkylation sites (tertiary alicyclic amines) is 1. The second kappa shape index (κ2) is 5.83. The van der Waals surface area contributed by atoms with Crippen LogP contribution >= 0.6 is 0 Å². The Kier molecular flexibility index (Phi) is 4.06. The summed E-state index contributed by atoms with van der Waals surface area (Å²) in [7, 11) is 0. The molecule has 6 nitrogen and oxygen atoms in total. The van der Waals surface area contributed by atoms with Crippen LogP contribution in [0.5, 0.6) is 0 Å². The van der Waals surface area contributed by atoms with Crippen LogP contribution in [0.2, 0.25) is 0 Å². The first-order valence-corrected chi connectivity index (χ1v) is 8.10. The molecule has 0 radical (unpaired) electrons. The lowest BCUT2D eigenvalue weighted by molar-refractivity contribution is -0.143. The zero-order chi connectivity index (χ0) is 15.0. The maximum absolute atomic E-state index is 12.5. The average molecular weight is 295 g/mol. The number of fused-ring (bicyclic) bond motifs is 1. The van der Waals surface area contributed by atoms with Crippen molar-refractivity contribution in [2.75, 3.05) is 19.6 Å². The Bertz CT molecular complexity index is 428. The van der Waals surface area contributed by atoms with Gasteiger partial charge in [-0.3, -0.25) is 9.69 Å². The largest absolute Gasteiger partial charge is 0.481 e. The van der Waals surface area contributed by atoms with Crippen LogP contribution in [-0.4, -0.2) is 64.7 Å². The third kappa shape index (κ3) is 2.86. The minimum atomic E-state index is -0.737. The van der Waals surface area contributed by atoms with Crippen molar-refractivity contribution in [2.45, 2.75) is 57.2 Å². The molecule has 0 saturated carbocycles. The van der Waals surface area contributed by atoms with E-state index in [1.165, 1.54) is 12.8 Å². The molecule has 0 aromatic carbocycles. The Morgan fingerprint density at radius 1 is 1.14 bits per heavy atom. The van der Waals surface area contributed by atoms with Gasteiger partial charge in [-0.05, 0) is 45.6 Å². The molecule has 0 aliphatic carbocycles. The number of carbonyl (C=O) groups is 2. The van der Waals surface area contributed by atoms with Gasteiger partial charge in [-0.2, -0.15) is 0 Å². The predicted octanol–water partition coefficient (Wildman–Crippen LogP) is 1.12. The maximum atomic E-state index is 12.5. The molecule has 3 saturated heterocycles. The number of carbonyl (C=O) groups excluding carboxylic acids is 1. The zero-order valence-electron chi connectivity index (χ0n) is 12.6. The van der Waals surface area contributed by atoms with Gasteiger partial charge in [-0.1, -0.05) is 0 Å². The molecule has 2 N–H and O–H groups in total. The molecule has 118 valence electrons. The van der Waals surface area contributed by atoms with Gasteiger partial charge < -0.3 is 15.3 Å². The van der Waals surface area contributed by atoms with E-state index < -0.39 is 5.97 Å². The first kappa shape index (κ1) is 14.6. The van der Waals surface area contributed by atoms with Crippen molar-refractivity contribution < 1.29 is 14.7 Å². The Balaban J connectivity index is 1.55. The van der Waals surface area contributed by atoms with Gasteiger partial charge >= 0.3 is 12.0 Å². The average Bonchev–Trinajstić information content (AvgIpc) is 3.03. The van der Waals surface area contributed by atoms with Gasteiger partial charge in [0.15, 0.2) is 0 Å². The highest BCUT2D eigenvalue weighted by molar-refractivity contribution is 5.76. The van der Waals surface area contributed by atoms with Crippen molar-refractivity contribution in [3.8, 4) is 0 Å². The number of hydrogen-bond acceptors (Lipinski definition) is 3. The van der Waals surface area contributed by atoms with Crippen LogP contribution < -0.4 is 5.32 Å². The monoisotopic (exact) mass is 295 g/mol. The van der Waals surface area contributed by atoms with Crippen LogP contribution in [0.15, 0.2) is 0 Å². The molecule has 0 bridgehead atoms. The number of amides is 2. The van der Waals surface area contributed by atoms with E-state index in [4.69, 9.17) is 5.11 Å². The minimum Gasteiger partial charge on any atom is -0.481 e. The van der Waals surface area contributed by atoms with Gasteiger partial charge in [-0.25, -0.2) is 4.79 Å². The maximum Gasteiger partial charge on any atom is 0.317 e. The van der Waals surface area contributed by atoms with Crippen LogP contribution in [0.4, 0.5) is 4.79 Å². The van der Waals surface area contributed by atoms with E-state index in [9.17, 15) is 9.59 Å². The Labute approximate surface area is 125 Å². The predicted molar refractivity (Wildman–Crippen MR) is 78.1 cm³/mol. The molecule has 3 aliphatic heterocycles. The molecule has 4 unspecified atom stereocenters. The highest BCUT2D eigenvalue weighted by atomic mass is 16.4. The molecule has 0 spiro atoms. The quantitative estimate of drug-likeness (QED) is 0.800. The number of carboxylic acid groups (broad SMARTS) is 1. The van der Waals surface area contributed by atoms with E-state index in [-0.39, 0.29) is 24.0 Å². The van der Waals surface area contributed by atoms with E-state index in [1.54, 1.807) is 0 Å². The second-order valence-corrected chi connectivity index (χ2v) is 6.69. The number of nitrogens with zero attached hydrogens (tertiary/aromatic N) is 2. The van der Waals surface area contributed by atoms with E-state index >= 15 is 0 Å². The standard InChI is InChI=1S/C15H25N3O3/c1-10-9-11(14(19)20)4-8-18(10)15(21)16-12-5-7-17-6-2-3-13(12)17/h10-13H,2-9H2,1H3,(H,16,21)(H,19,20). The Hall–Kier alpha value is -1.30. The Morgan fingerprint density at radius 3 is 2.67 bits per heavy atom. The summed E-state index contributed by atoms with van der Waals surface area (Å²) in [5.41, 5.74) is 0. The van der Waals surface area contributed by atoms with E-state index in [0.29, 0.717) is 25.4 Å². The summed E-state index contributed by atoms with van der Waals surface area (Å²) in [4.78, 5) is 27.8. The molecule has 6 heteroatoms. The van der Waals surface area contributed by atoms with Crippen LogP contribution in [0.3, 0.4) is 0 Å². The molecule has 3 aliphatic rings. The highest BCUT2D eigenvalue weighted by Crippen LogP contribution is 2.29. The molecule has 3 rings (SSSR count). The first-order valence-electron chi connectivity index (χ1n) is 8.10. The zero-order valence-corrected chi connectivity index (χ0v) is 12.6. The second-order valence-electron chi connectivity index (χ2n) is 6.69. The molecule has 2 amide bonds. The summed E-state index contributed by atoms with van der Waals surface area (Å²) in [6.45, 7) is 4.75. The van der Waals surface area contributed by atoms with Gasteiger partial charge in [0.2, 0.25) is 0 Å². The smallest absolute Gasteiger partial charge is 0.317 e. The van der Waals surface area contributed by atoms with Crippen LogP contribution in [-0.2, 0) is 4.79 Å². The SMILES string of the molecule is CC1CC(C(=O)O)CCN1C(=O)NC1CCN2CCCC12. The Morgan fingerprint density at radius 2 is 1.95 bits per heavy atom. The molecule has 4 atom stereocenters. The van der Waals surface area contributed by atoms with Gasteiger partial charge in [-0.15, -0.1) is 0 Å². The van der Waals surface area contributed by atoms with Gasteiger partial charge in [0.25, 0.3) is 0 Å². The molecule has 3 heterocycles. The molecule has 0 aromatic heterocycles.